The first-order valence-electron chi connectivity index (χ1n) is 11.3. The van der Waals surface area contributed by atoms with Crippen molar-refractivity contribution in [2.24, 2.45) is 0 Å². The van der Waals surface area contributed by atoms with Crippen LogP contribution in [0.15, 0.2) is 42.7 Å². The molecule has 32 heavy (non-hydrogen) atoms. The summed E-state index contributed by atoms with van der Waals surface area (Å²) in [4.78, 5) is 15.1. The minimum Gasteiger partial charge on any atom is -0.378 e. The molecule has 0 radical (unpaired) electrons. The highest BCUT2D eigenvalue weighted by atomic mass is 16.5. The van der Waals surface area contributed by atoms with Crippen molar-refractivity contribution in [3.63, 3.8) is 0 Å². The van der Waals surface area contributed by atoms with Gasteiger partial charge in [0.05, 0.1) is 18.9 Å². The Bertz CT molecular complexity index is 1300. The van der Waals surface area contributed by atoms with Crippen molar-refractivity contribution in [3.05, 3.63) is 70.7 Å². The van der Waals surface area contributed by atoms with Gasteiger partial charge in [0, 0.05) is 43.5 Å². The average molecular weight is 427 g/mol. The monoisotopic (exact) mass is 426 g/mol. The van der Waals surface area contributed by atoms with Gasteiger partial charge in [-0.3, -0.25) is 0 Å². The Morgan fingerprint density at radius 2 is 2.09 bits per heavy atom. The van der Waals surface area contributed by atoms with Gasteiger partial charge in [-0.05, 0) is 36.5 Å². The molecule has 1 aromatic carbocycles. The molecule has 162 valence electrons. The molecule has 0 saturated carbocycles. The van der Waals surface area contributed by atoms with Crippen molar-refractivity contribution in [1.82, 2.24) is 24.6 Å². The molecule has 0 spiro atoms. The number of morpholine rings is 1. The maximum atomic E-state index is 5.56. The minimum absolute atomic E-state index is 0.719. The highest BCUT2D eigenvalue weighted by Gasteiger charge is 2.22. The number of fused-ring (bicyclic) bond motifs is 2. The zero-order valence-corrected chi connectivity index (χ0v) is 18.2. The van der Waals surface area contributed by atoms with Crippen molar-refractivity contribution >= 4 is 17.5 Å². The van der Waals surface area contributed by atoms with Gasteiger partial charge in [0.1, 0.15) is 11.5 Å². The lowest BCUT2D eigenvalue weighted by atomic mass is 9.90. The maximum Gasteiger partial charge on any atom is 0.161 e. The number of rotatable bonds is 4. The third kappa shape index (κ3) is 3.29. The number of allylic oxidation sites excluding steroid dienone is 1. The Morgan fingerprint density at radius 3 is 2.94 bits per heavy atom. The predicted molar refractivity (Wildman–Crippen MR) is 125 cm³/mol. The van der Waals surface area contributed by atoms with Crippen LogP contribution in [0.1, 0.15) is 34.4 Å². The van der Waals surface area contributed by atoms with Crippen LogP contribution in [0.2, 0.25) is 0 Å². The number of aromatic amines is 1. The number of hydrogen-bond donors (Lipinski definition) is 1. The van der Waals surface area contributed by atoms with Gasteiger partial charge >= 0.3 is 0 Å². The first kappa shape index (κ1) is 19.3. The average Bonchev–Trinajstić information content (AvgIpc) is 3.48. The van der Waals surface area contributed by atoms with Crippen molar-refractivity contribution in [2.75, 3.05) is 31.2 Å². The van der Waals surface area contributed by atoms with E-state index in [9.17, 15) is 0 Å². The molecule has 6 rings (SSSR count). The molecule has 7 nitrogen and oxygen atoms in total. The largest absolute Gasteiger partial charge is 0.378 e. The summed E-state index contributed by atoms with van der Waals surface area (Å²) >= 11 is 0. The molecule has 0 atom stereocenters. The van der Waals surface area contributed by atoms with Gasteiger partial charge in [-0.2, -0.15) is 5.10 Å². The summed E-state index contributed by atoms with van der Waals surface area (Å²) in [5.41, 5.74) is 8.10. The van der Waals surface area contributed by atoms with Gasteiger partial charge in [-0.1, -0.05) is 30.4 Å². The van der Waals surface area contributed by atoms with E-state index in [1.807, 2.05) is 10.7 Å². The third-order valence-electron chi connectivity index (χ3n) is 6.47. The van der Waals surface area contributed by atoms with E-state index in [0.29, 0.717) is 0 Å². The van der Waals surface area contributed by atoms with Crippen LogP contribution >= 0.6 is 0 Å². The van der Waals surface area contributed by atoms with Crippen LogP contribution in [-0.4, -0.2) is 50.9 Å². The summed E-state index contributed by atoms with van der Waals surface area (Å²) in [5, 5.41) is 4.90. The van der Waals surface area contributed by atoms with Gasteiger partial charge in [0.2, 0.25) is 0 Å². The van der Waals surface area contributed by atoms with Crippen LogP contribution in [0.25, 0.3) is 23.2 Å². The Hall–Kier alpha value is -3.45. The minimum atomic E-state index is 0.719. The molecule has 2 aliphatic rings. The Labute approximate surface area is 186 Å². The molecule has 1 N–H and O–H groups in total. The highest BCUT2D eigenvalue weighted by molar-refractivity contribution is 5.67. The second-order valence-electron chi connectivity index (χ2n) is 8.44. The topological polar surface area (TPSA) is 71.3 Å². The fourth-order valence-corrected chi connectivity index (χ4v) is 4.77. The molecule has 0 bridgehead atoms. The van der Waals surface area contributed by atoms with Gasteiger partial charge in [0.15, 0.2) is 11.5 Å². The van der Waals surface area contributed by atoms with Crippen molar-refractivity contribution in [2.45, 2.75) is 26.2 Å². The van der Waals surface area contributed by atoms with E-state index < -0.39 is 0 Å². The first-order chi connectivity index (χ1) is 15.8. The zero-order valence-electron chi connectivity index (χ0n) is 18.2. The molecule has 1 saturated heterocycles. The van der Waals surface area contributed by atoms with Crippen molar-refractivity contribution < 1.29 is 4.74 Å². The predicted octanol–water partition coefficient (Wildman–Crippen LogP) is 3.81. The smallest absolute Gasteiger partial charge is 0.161 e. The number of nitrogens with zero attached hydrogens (tertiary/aromatic N) is 5. The van der Waals surface area contributed by atoms with E-state index in [0.717, 1.165) is 74.2 Å². The van der Waals surface area contributed by atoms with E-state index in [1.165, 1.54) is 22.3 Å². The number of ether oxygens (including phenoxy) is 1. The van der Waals surface area contributed by atoms with Crippen LogP contribution in [0.5, 0.6) is 0 Å². The van der Waals surface area contributed by atoms with Crippen LogP contribution in [0, 0.1) is 6.92 Å². The quantitative estimate of drug-likeness (QED) is 0.537. The van der Waals surface area contributed by atoms with E-state index in [1.54, 1.807) is 6.20 Å². The third-order valence-corrected chi connectivity index (χ3v) is 6.47. The highest BCUT2D eigenvalue weighted by Crippen LogP contribution is 2.30. The molecule has 3 aromatic heterocycles. The summed E-state index contributed by atoms with van der Waals surface area (Å²) in [6.07, 6.45) is 11.2. The Balaban J connectivity index is 1.51. The van der Waals surface area contributed by atoms with Gasteiger partial charge in [-0.15, -0.1) is 0 Å². The summed E-state index contributed by atoms with van der Waals surface area (Å²) in [6.45, 7) is 5.18. The molecule has 0 unspecified atom stereocenters. The number of nitrogens with one attached hydrogen (secondary N) is 1. The van der Waals surface area contributed by atoms with Crippen LogP contribution in [0.4, 0.5) is 5.82 Å². The molecule has 0 amide bonds. The van der Waals surface area contributed by atoms with Gasteiger partial charge < -0.3 is 14.6 Å². The summed E-state index contributed by atoms with van der Waals surface area (Å²) < 4.78 is 7.50. The fraction of sp³-hybridized carbons (Fsp3) is 0.320. The molecule has 4 heterocycles. The lowest BCUT2D eigenvalue weighted by Crippen LogP contribution is -2.36. The molecule has 4 aromatic rings. The standard InChI is InChI=1S/C25H26N6O/c1-17-21(15-19-7-4-6-18-5-2-3-8-20(18)19)25-28-23(30-11-13-32-14-12-30)16-22(31(25)29-17)24-26-9-10-27-24/h3-4,6-10,16H,2,5,11-15H2,1H3,(H,26,27). The first-order valence-corrected chi connectivity index (χ1v) is 11.3. The van der Waals surface area contributed by atoms with Crippen LogP contribution < -0.4 is 4.90 Å². The summed E-state index contributed by atoms with van der Waals surface area (Å²) in [6, 6.07) is 8.74. The van der Waals surface area contributed by atoms with Gasteiger partial charge in [-0.25, -0.2) is 14.5 Å². The number of anilines is 1. The lowest BCUT2D eigenvalue weighted by Gasteiger charge is -2.28. The number of benzene rings is 1. The van der Waals surface area contributed by atoms with Crippen LogP contribution in [0.3, 0.4) is 0 Å². The van der Waals surface area contributed by atoms with E-state index >= 15 is 0 Å². The van der Waals surface area contributed by atoms with Crippen molar-refractivity contribution in [1.29, 1.82) is 0 Å². The zero-order chi connectivity index (χ0) is 21.5. The molecule has 1 fully saturated rings. The number of aromatic nitrogens is 5. The van der Waals surface area contributed by atoms with Crippen molar-refractivity contribution in [3.8, 4) is 11.5 Å². The lowest BCUT2D eigenvalue weighted by molar-refractivity contribution is 0.122. The molecular formula is C25H26N6O. The number of aryl methyl sites for hydroxylation is 2. The summed E-state index contributed by atoms with van der Waals surface area (Å²) in [5.74, 6) is 1.74. The Kier molecular flexibility index (Phi) is 4.76. The molecule has 7 heteroatoms. The second-order valence-corrected chi connectivity index (χ2v) is 8.44. The summed E-state index contributed by atoms with van der Waals surface area (Å²) in [7, 11) is 0. The van der Waals surface area contributed by atoms with Crippen LogP contribution in [-0.2, 0) is 17.6 Å². The fourth-order valence-electron chi connectivity index (χ4n) is 4.77. The molecular weight excluding hydrogens is 400 g/mol. The Morgan fingerprint density at radius 1 is 1.19 bits per heavy atom. The normalized spacial score (nSPS) is 16.0. The number of imidazole rings is 1. The van der Waals surface area contributed by atoms with E-state index in [4.69, 9.17) is 14.8 Å². The van der Waals surface area contributed by atoms with E-state index in [2.05, 4.69) is 58.2 Å². The maximum absolute atomic E-state index is 5.56. The molecule has 1 aliphatic carbocycles. The van der Waals surface area contributed by atoms with E-state index in [-0.39, 0.29) is 0 Å². The van der Waals surface area contributed by atoms with Gasteiger partial charge in [0.25, 0.3) is 0 Å². The number of hydrogen-bond acceptors (Lipinski definition) is 5. The second kappa shape index (κ2) is 7.91. The SMILES string of the molecule is Cc1nn2c(-c3ncc[nH]3)cc(N3CCOCC3)nc2c1Cc1cccc2c1C=CCC2. The number of H-pyrrole nitrogens is 1. The molecule has 1 aliphatic heterocycles.